The van der Waals surface area contributed by atoms with Gasteiger partial charge in [-0.3, -0.25) is 14.4 Å². The van der Waals surface area contributed by atoms with Crippen molar-refractivity contribution < 1.29 is 34.4 Å². The van der Waals surface area contributed by atoms with E-state index in [1.165, 1.54) is 11.8 Å². The van der Waals surface area contributed by atoms with Gasteiger partial charge in [0.2, 0.25) is 11.3 Å². The number of anilines is 1. The normalized spacial score (nSPS) is 45.4. The number of ketones is 1. The molecule has 0 radical (unpaired) electrons. The molecule has 9 nitrogen and oxygen atoms in total. The van der Waals surface area contributed by atoms with Crippen LogP contribution in [-0.2, 0) is 31.1 Å². The van der Waals surface area contributed by atoms with Crippen LogP contribution in [0.25, 0.3) is 0 Å². The first-order valence-electron chi connectivity index (χ1n) is 10.4. The van der Waals surface area contributed by atoms with Crippen LogP contribution >= 0.6 is 0 Å². The molecule has 2 amide bonds. The molecule has 0 saturated carbocycles. The number of hydrogen-bond donors (Lipinski definition) is 3. The molecule has 5 aliphatic rings. The quantitative estimate of drug-likeness (QED) is 0.574. The van der Waals surface area contributed by atoms with Gasteiger partial charge in [0.15, 0.2) is 5.60 Å². The average Bonchev–Trinajstić information content (AvgIpc) is 3.16. The second-order valence-corrected chi connectivity index (χ2v) is 10.2. The highest BCUT2D eigenvalue weighted by Crippen LogP contribution is 2.75. The molecule has 4 aliphatic heterocycles. The number of aliphatic hydroxyl groups is 3. The smallest absolute Gasteiger partial charge is 0.264 e. The maximum Gasteiger partial charge on any atom is 0.264 e. The van der Waals surface area contributed by atoms with Gasteiger partial charge in [-0.25, -0.2) is 0 Å². The maximum absolute atomic E-state index is 13.7. The van der Waals surface area contributed by atoms with Crippen molar-refractivity contribution in [1.29, 1.82) is 0 Å². The summed E-state index contributed by atoms with van der Waals surface area (Å²) in [4.78, 5) is 41.7. The zero-order chi connectivity index (χ0) is 22.5. The Morgan fingerprint density at radius 2 is 1.87 bits per heavy atom. The van der Waals surface area contributed by atoms with E-state index < -0.39 is 64.1 Å². The summed E-state index contributed by atoms with van der Waals surface area (Å²) in [5.41, 5.74) is -5.92. The van der Waals surface area contributed by atoms with E-state index in [1.807, 2.05) is 12.1 Å². The summed E-state index contributed by atoms with van der Waals surface area (Å²) in [5, 5.41) is 35.4. The van der Waals surface area contributed by atoms with Crippen molar-refractivity contribution in [2.75, 3.05) is 11.9 Å². The Hall–Kier alpha value is -2.33. The van der Waals surface area contributed by atoms with Crippen molar-refractivity contribution in [3.8, 4) is 0 Å². The first kappa shape index (κ1) is 19.4. The minimum atomic E-state index is -2.87. The van der Waals surface area contributed by atoms with E-state index in [4.69, 9.17) is 4.74 Å². The fraction of sp³-hybridized carbons (Fsp3) is 0.591. The summed E-state index contributed by atoms with van der Waals surface area (Å²) in [6.45, 7) is 4.67. The van der Waals surface area contributed by atoms with E-state index in [0.29, 0.717) is 17.7 Å². The number of likely N-dealkylation sites (N-methyl/N-ethyl adjacent to an activating group) is 1. The molecule has 6 atom stereocenters. The summed E-state index contributed by atoms with van der Waals surface area (Å²) < 4.78 is 6.11. The van der Waals surface area contributed by atoms with Gasteiger partial charge in [0, 0.05) is 24.6 Å². The van der Waals surface area contributed by atoms with Crippen LogP contribution in [-0.4, -0.2) is 67.5 Å². The molecule has 0 unspecified atom stereocenters. The topological polar surface area (TPSA) is 128 Å². The fourth-order valence-electron chi connectivity index (χ4n) is 7.34. The standard InChI is InChI=1S/C22H24N2O7/c1-10(25)9-19(28)16(26)24-18(2,3)12-8-11-6-5-7-13-14(11)20(17(27)23(13)4)15(12)21(24,29)22(19,30)31-20/h5-7,12,15,28-30H,8-9H2,1-4H3/t12-,15-,19-,20+,21+,22-/m1/s1. The van der Waals surface area contributed by atoms with E-state index >= 15 is 0 Å². The number of ether oxygens (including phenoxy) is 1. The third kappa shape index (κ3) is 1.54. The van der Waals surface area contributed by atoms with E-state index in [9.17, 15) is 29.7 Å². The molecule has 0 aromatic heterocycles. The van der Waals surface area contributed by atoms with E-state index in [-0.39, 0.29) is 0 Å². The number of nitrogens with zero attached hydrogens (tertiary/aromatic N) is 2. The lowest BCUT2D eigenvalue weighted by Gasteiger charge is -2.42. The van der Waals surface area contributed by atoms with E-state index in [0.717, 1.165) is 10.5 Å². The molecular weight excluding hydrogens is 404 g/mol. The second-order valence-electron chi connectivity index (χ2n) is 10.2. The van der Waals surface area contributed by atoms with Gasteiger partial charge < -0.3 is 29.9 Å². The predicted molar refractivity (Wildman–Crippen MR) is 104 cm³/mol. The van der Waals surface area contributed by atoms with Crippen LogP contribution in [0.15, 0.2) is 18.2 Å². The number of Topliss-reactive ketones (excluding diaryl/α,β-unsaturated/α-hetero) is 1. The van der Waals surface area contributed by atoms with Crippen molar-refractivity contribution in [1.82, 2.24) is 4.90 Å². The zero-order valence-electron chi connectivity index (χ0n) is 17.7. The Morgan fingerprint density at radius 1 is 1.19 bits per heavy atom. The third-order valence-corrected chi connectivity index (χ3v) is 8.45. The van der Waals surface area contributed by atoms with Gasteiger partial charge in [0.05, 0.1) is 11.6 Å². The highest BCUT2D eigenvalue weighted by atomic mass is 16.7. The molecule has 4 heterocycles. The number of benzene rings is 1. The molecule has 1 aliphatic carbocycles. The summed E-state index contributed by atoms with van der Waals surface area (Å²) in [6.07, 6.45) is -0.288. The predicted octanol–water partition coefficient (Wildman–Crippen LogP) is -0.601. The van der Waals surface area contributed by atoms with Crippen LogP contribution in [0, 0.1) is 11.8 Å². The van der Waals surface area contributed by atoms with Crippen molar-refractivity contribution in [3.63, 3.8) is 0 Å². The van der Waals surface area contributed by atoms with Gasteiger partial charge >= 0.3 is 0 Å². The number of carbonyl (C=O) groups excluding carboxylic acids is 3. The van der Waals surface area contributed by atoms with Gasteiger partial charge in [0.1, 0.15) is 5.78 Å². The molecule has 6 rings (SSSR count). The van der Waals surface area contributed by atoms with Gasteiger partial charge in [-0.05, 0) is 44.7 Å². The van der Waals surface area contributed by atoms with Crippen LogP contribution in [0.3, 0.4) is 0 Å². The lowest BCUT2D eigenvalue weighted by atomic mass is 9.61. The van der Waals surface area contributed by atoms with Crippen LogP contribution in [0.2, 0.25) is 0 Å². The number of amides is 2. The van der Waals surface area contributed by atoms with Gasteiger partial charge in [-0.1, -0.05) is 12.1 Å². The van der Waals surface area contributed by atoms with Crippen molar-refractivity contribution in [2.45, 2.75) is 61.9 Å². The number of rotatable bonds is 2. The monoisotopic (exact) mass is 428 g/mol. The Morgan fingerprint density at radius 3 is 2.52 bits per heavy atom. The van der Waals surface area contributed by atoms with Crippen LogP contribution in [0.5, 0.6) is 0 Å². The molecule has 9 heteroatoms. The van der Waals surface area contributed by atoms with Crippen LogP contribution in [0.4, 0.5) is 5.69 Å². The summed E-state index contributed by atoms with van der Waals surface area (Å²) >= 11 is 0. The minimum absolute atomic E-state index is 0.435. The molecule has 0 bridgehead atoms. The van der Waals surface area contributed by atoms with E-state index in [1.54, 1.807) is 27.0 Å². The fourth-order valence-corrected chi connectivity index (χ4v) is 7.34. The highest BCUT2D eigenvalue weighted by Gasteiger charge is 2.95. The largest absolute Gasteiger partial charge is 0.375 e. The first-order chi connectivity index (χ1) is 14.3. The minimum Gasteiger partial charge on any atom is -0.375 e. The molecular formula is C22H24N2O7. The first-order valence-corrected chi connectivity index (χ1v) is 10.4. The summed E-state index contributed by atoms with van der Waals surface area (Å²) in [7, 11) is 1.59. The second kappa shape index (κ2) is 4.85. The summed E-state index contributed by atoms with van der Waals surface area (Å²) in [5.74, 6) is -6.32. The molecule has 1 aromatic carbocycles. The Labute approximate surface area is 178 Å². The highest BCUT2D eigenvalue weighted by molar-refractivity contribution is 6.09. The Kier molecular flexibility index (Phi) is 3.03. The lowest BCUT2D eigenvalue weighted by Crippen LogP contribution is -2.64. The number of hydrogen-bond acceptors (Lipinski definition) is 7. The van der Waals surface area contributed by atoms with Gasteiger partial charge in [-0.2, -0.15) is 0 Å². The molecule has 1 aromatic rings. The average molecular weight is 428 g/mol. The van der Waals surface area contributed by atoms with Gasteiger partial charge in [-0.15, -0.1) is 0 Å². The van der Waals surface area contributed by atoms with Crippen LogP contribution < -0.4 is 4.90 Å². The van der Waals surface area contributed by atoms with Gasteiger partial charge in [0.25, 0.3) is 17.6 Å². The molecule has 3 fully saturated rings. The van der Waals surface area contributed by atoms with E-state index in [2.05, 4.69) is 0 Å². The molecule has 31 heavy (non-hydrogen) atoms. The Bertz CT molecular complexity index is 1130. The SMILES string of the molecule is CC(=O)C[C@@]1(O)C(=O)N2C(C)(C)[C@@H]3Cc4cccc5c4[C@@]4(O[C@@]1(O)[C@@]2(O)[C@H]34)C(=O)N5C. The van der Waals surface area contributed by atoms with Crippen molar-refractivity contribution in [2.24, 2.45) is 11.8 Å². The molecule has 3 saturated heterocycles. The van der Waals surface area contributed by atoms with Crippen molar-refractivity contribution >= 4 is 23.3 Å². The zero-order valence-corrected chi connectivity index (χ0v) is 17.7. The number of carbonyl (C=O) groups is 3. The van der Waals surface area contributed by atoms with Crippen molar-refractivity contribution in [3.05, 3.63) is 29.3 Å². The molecule has 3 N–H and O–H groups in total. The molecule has 1 spiro atoms. The maximum atomic E-state index is 13.7. The third-order valence-electron chi connectivity index (χ3n) is 8.45. The molecule has 164 valence electrons. The summed E-state index contributed by atoms with van der Waals surface area (Å²) in [6, 6.07) is 5.48. The van der Waals surface area contributed by atoms with Crippen LogP contribution in [0.1, 0.15) is 38.3 Å². The lowest BCUT2D eigenvalue weighted by molar-refractivity contribution is -0.334. The Balaban J connectivity index is 1.73.